The number of carboxylic acids is 1. The van der Waals surface area contributed by atoms with Gasteiger partial charge in [0.25, 0.3) is 5.91 Å². The summed E-state index contributed by atoms with van der Waals surface area (Å²) < 4.78 is 4.92. The lowest BCUT2D eigenvalue weighted by Crippen LogP contribution is -2.11. The number of hydrogen-bond donors (Lipinski definition) is 2. The third-order valence-corrected chi connectivity index (χ3v) is 2.66. The molecule has 2 rings (SSSR count). The molecular formula is C14H13NO4. The largest absolute Gasteiger partial charge is 0.478 e. The minimum absolute atomic E-state index is 0.0284. The van der Waals surface area contributed by atoms with Crippen LogP contribution in [-0.4, -0.2) is 17.0 Å². The normalized spacial score (nSPS) is 10.2. The fraction of sp³-hybridized carbons (Fsp3) is 0.143. The number of rotatable bonds is 4. The van der Waals surface area contributed by atoms with Crippen LogP contribution in [0.4, 0.5) is 5.69 Å². The Morgan fingerprint density at radius 1 is 1.32 bits per heavy atom. The van der Waals surface area contributed by atoms with Crippen LogP contribution in [0.25, 0.3) is 0 Å². The van der Waals surface area contributed by atoms with Gasteiger partial charge in [-0.1, -0.05) is 19.1 Å². The lowest BCUT2D eigenvalue weighted by atomic mass is 10.1. The molecule has 1 heterocycles. The molecule has 0 saturated carbocycles. The Hall–Kier alpha value is -2.56. The number of carboxylic acid groups (broad SMARTS) is 1. The molecule has 0 atom stereocenters. The fourth-order valence-electron chi connectivity index (χ4n) is 1.63. The number of aryl methyl sites for hydroxylation is 1. The van der Waals surface area contributed by atoms with Crippen molar-refractivity contribution in [2.75, 3.05) is 5.32 Å². The molecule has 0 spiro atoms. The highest BCUT2D eigenvalue weighted by atomic mass is 16.4. The van der Waals surface area contributed by atoms with Crippen molar-refractivity contribution >= 4 is 17.6 Å². The molecule has 0 radical (unpaired) electrons. The molecule has 0 unspecified atom stereocenters. The number of carbonyl (C=O) groups excluding carboxylic acids is 1. The Morgan fingerprint density at radius 2 is 2.11 bits per heavy atom. The highest BCUT2D eigenvalue weighted by Crippen LogP contribution is 2.14. The van der Waals surface area contributed by atoms with Crippen LogP contribution < -0.4 is 5.32 Å². The van der Waals surface area contributed by atoms with Gasteiger partial charge >= 0.3 is 5.97 Å². The molecule has 0 aliphatic heterocycles. The van der Waals surface area contributed by atoms with E-state index in [0.29, 0.717) is 5.69 Å². The summed E-state index contributed by atoms with van der Waals surface area (Å²) in [6.45, 7) is 2.02. The van der Waals surface area contributed by atoms with E-state index in [1.165, 1.54) is 6.07 Å². The van der Waals surface area contributed by atoms with E-state index in [-0.39, 0.29) is 11.3 Å². The van der Waals surface area contributed by atoms with E-state index in [1.54, 1.807) is 6.07 Å². The van der Waals surface area contributed by atoms with Gasteiger partial charge in [0.15, 0.2) is 5.76 Å². The smallest absolute Gasteiger partial charge is 0.338 e. The summed E-state index contributed by atoms with van der Waals surface area (Å²) in [6, 6.07) is 8.63. The molecule has 98 valence electrons. The van der Waals surface area contributed by atoms with Crippen LogP contribution in [0.1, 0.15) is 33.4 Å². The first-order valence-corrected chi connectivity index (χ1v) is 5.82. The van der Waals surface area contributed by atoms with Gasteiger partial charge in [0.1, 0.15) is 6.26 Å². The molecule has 2 N–H and O–H groups in total. The summed E-state index contributed by atoms with van der Waals surface area (Å²) in [5.41, 5.74) is 1.70. The van der Waals surface area contributed by atoms with Crippen LogP contribution in [0.5, 0.6) is 0 Å². The van der Waals surface area contributed by atoms with E-state index >= 15 is 0 Å². The molecule has 0 bridgehead atoms. The predicted octanol–water partition coefficient (Wildman–Crippen LogP) is 2.79. The standard InChI is InChI=1S/C14H13NO4/c1-2-9-4-3-5-11(6-9)15-13(16)12-7-10(8-19-12)14(17)18/h3-8H,2H2,1H3,(H,15,16)(H,17,18). The van der Waals surface area contributed by atoms with Gasteiger partial charge in [-0.3, -0.25) is 4.79 Å². The SMILES string of the molecule is CCc1cccc(NC(=O)c2cc(C(=O)O)co2)c1. The van der Waals surface area contributed by atoms with Crippen molar-refractivity contribution in [3.8, 4) is 0 Å². The summed E-state index contributed by atoms with van der Waals surface area (Å²) >= 11 is 0. The van der Waals surface area contributed by atoms with Crippen molar-refractivity contribution in [3.05, 3.63) is 53.5 Å². The molecule has 19 heavy (non-hydrogen) atoms. The van der Waals surface area contributed by atoms with Gasteiger partial charge in [0.05, 0.1) is 5.56 Å². The number of furan rings is 1. The molecule has 5 heteroatoms. The highest BCUT2D eigenvalue weighted by Gasteiger charge is 2.14. The second-order valence-corrected chi connectivity index (χ2v) is 4.01. The molecule has 0 aliphatic carbocycles. The zero-order chi connectivity index (χ0) is 13.8. The van der Waals surface area contributed by atoms with E-state index in [0.717, 1.165) is 18.2 Å². The molecule has 1 aromatic heterocycles. The first kappa shape index (κ1) is 12.9. The maximum Gasteiger partial charge on any atom is 0.338 e. The van der Waals surface area contributed by atoms with Crippen LogP contribution in [0.3, 0.4) is 0 Å². The number of aromatic carboxylic acids is 1. The minimum atomic E-state index is -1.13. The average molecular weight is 259 g/mol. The second kappa shape index (κ2) is 5.39. The minimum Gasteiger partial charge on any atom is -0.478 e. The van der Waals surface area contributed by atoms with Crippen LogP contribution in [0.2, 0.25) is 0 Å². The van der Waals surface area contributed by atoms with Crippen LogP contribution >= 0.6 is 0 Å². The summed E-state index contributed by atoms with van der Waals surface area (Å²) in [6.07, 6.45) is 1.91. The van der Waals surface area contributed by atoms with Gasteiger partial charge in [0.2, 0.25) is 0 Å². The van der Waals surface area contributed by atoms with Crippen LogP contribution in [0, 0.1) is 0 Å². The molecule has 5 nitrogen and oxygen atoms in total. The zero-order valence-corrected chi connectivity index (χ0v) is 10.3. The predicted molar refractivity (Wildman–Crippen MR) is 69.4 cm³/mol. The number of benzene rings is 1. The lowest BCUT2D eigenvalue weighted by molar-refractivity contribution is 0.0696. The van der Waals surface area contributed by atoms with E-state index < -0.39 is 11.9 Å². The van der Waals surface area contributed by atoms with Crippen molar-refractivity contribution < 1.29 is 19.1 Å². The van der Waals surface area contributed by atoms with Gasteiger partial charge in [-0.05, 0) is 24.1 Å². The Bertz CT molecular complexity index is 615. The average Bonchev–Trinajstić information content (AvgIpc) is 2.89. The molecule has 1 aromatic carbocycles. The zero-order valence-electron chi connectivity index (χ0n) is 10.3. The third kappa shape index (κ3) is 3.01. The Labute approximate surface area is 109 Å². The topological polar surface area (TPSA) is 79.5 Å². The Balaban J connectivity index is 2.13. The summed E-state index contributed by atoms with van der Waals surface area (Å²) in [5, 5.41) is 11.4. The van der Waals surface area contributed by atoms with Gasteiger partial charge in [-0.25, -0.2) is 4.79 Å². The molecular weight excluding hydrogens is 246 g/mol. The maximum absolute atomic E-state index is 11.9. The number of anilines is 1. The van der Waals surface area contributed by atoms with Gasteiger partial charge in [0, 0.05) is 11.8 Å². The second-order valence-electron chi connectivity index (χ2n) is 4.01. The highest BCUT2D eigenvalue weighted by molar-refractivity contribution is 6.03. The van der Waals surface area contributed by atoms with E-state index in [4.69, 9.17) is 9.52 Å². The number of amides is 1. The Kier molecular flexibility index (Phi) is 3.66. The van der Waals surface area contributed by atoms with Gasteiger partial charge < -0.3 is 14.8 Å². The van der Waals surface area contributed by atoms with Crippen molar-refractivity contribution in [3.63, 3.8) is 0 Å². The number of carbonyl (C=O) groups is 2. The number of nitrogens with one attached hydrogen (secondary N) is 1. The molecule has 0 aliphatic rings. The molecule has 1 amide bonds. The summed E-state index contributed by atoms with van der Waals surface area (Å²) in [4.78, 5) is 22.5. The van der Waals surface area contributed by atoms with Gasteiger partial charge in [-0.2, -0.15) is 0 Å². The van der Waals surface area contributed by atoms with Crippen molar-refractivity contribution in [2.24, 2.45) is 0 Å². The van der Waals surface area contributed by atoms with Crippen molar-refractivity contribution in [2.45, 2.75) is 13.3 Å². The van der Waals surface area contributed by atoms with E-state index in [2.05, 4.69) is 5.32 Å². The number of hydrogen-bond acceptors (Lipinski definition) is 3. The lowest BCUT2D eigenvalue weighted by Gasteiger charge is -2.04. The molecule has 2 aromatic rings. The Morgan fingerprint density at radius 3 is 2.74 bits per heavy atom. The maximum atomic E-state index is 11.9. The van der Waals surface area contributed by atoms with Crippen LogP contribution in [0.15, 0.2) is 41.0 Å². The van der Waals surface area contributed by atoms with Gasteiger partial charge in [-0.15, -0.1) is 0 Å². The summed E-state index contributed by atoms with van der Waals surface area (Å²) in [5.74, 6) is -1.63. The molecule has 0 saturated heterocycles. The first-order valence-electron chi connectivity index (χ1n) is 5.82. The van der Waals surface area contributed by atoms with Crippen molar-refractivity contribution in [1.82, 2.24) is 0 Å². The van der Waals surface area contributed by atoms with E-state index in [9.17, 15) is 9.59 Å². The van der Waals surface area contributed by atoms with Crippen molar-refractivity contribution in [1.29, 1.82) is 0 Å². The molecule has 0 fully saturated rings. The van der Waals surface area contributed by atoms with Crippen LogP contribution in [-0.2, 0) is 6.42 Å². The van der Waals surface area contributed by atoms with E-state index in [1.807, 2.05) is 25.1 Å². The quantitative estimate of drug-likeness (QED) is 0.884. The monoisotopic (exact) mass is 259 g/mol. The fourth-order valence-corrected chi connectivity index (χ4v) is 1.63. The summed E-state index contributed by atoms with van der Waals surface area (Å²) in [7, 11) is 0. The third-order valence-electron chi connectivity index (χ3n) is 2.66. The first-order chi connectivity index (χ1) is 9.10.